The summed E-state index contributed by atoms with van der Waals surface area (Å²) in [5.74, 6) is -2.22. The molecule has 0 atom stereocenters. The Bertz CT molecular complexity index is 940. The zero-order chi connectivity index (χ0) is 20.6. The molecule has 1 aromatic carbocycles. The lowest BCUT2D eigenvalue weighted by molar-refractivity contribution is -0.0510. The van der Waals surface area contributed by atoms with E-state index in [0.717, 1.165) is 60.5 Å². The number of aromatic nitrogens is 1. The molecule has 2 N–H and O–H groups in total. The fourth-order valence-corrected chi connectivity index (χ4v) is 4.90. The van der Waals surface area contributed by atoms with Crippen molar-refractivity contribution in [3.63, 3.8) is 0 Å². The number of anilines is 1. The van der Waals surface area contributed by atoms with Gasteiger partial charge in [0.1, 0.15) is 5.69 Å². The van der Waals surface area contributed by atoms with Gasteiger partial charge in [0.25, 0.3) is 5.91 Å². The van der Waals surface area contributed by atoms with Crippen LogP contribution in [0.4, 0.5) is 14.5 Å². The first-order valence-electron chi connectivity index (χ1n) is 9.88. The predicted molar refractivity (Wildman–Crippen MR) is 109 cm³/mol. The van der Waals surface area contributed by atoms with E-state index in [-0.39, 0.29) is 17.1 Å². The van der Waals surface area contributed by atoms with E-state index in [1.54, 1.807) is 11.9 Å². The van der Waals surface area contributed by atoms with E-state index in [4.69, 9.17) is 4.74 Å². The van der Waals surface area contributed by atoms with Crippen LogP contribution in [-0.2, 0) is 17.7 Å². The smallest absolute Gasteiger partial charge is 0.272 e. The minimum atomic E-state index is -0.982. The minimum absolute atomic E-state index is 0.0648. The van der Waals surface area contributed by atoms with Gasteiger partial charge < -0.3 is 14.6 Å². The highest BCUT2D eigenvalue weighted by Crippen LogP contribution is 2.35. The Morgan fingerprint density at radius 2 is 2.00 bits per heavy atom. The minimum Gasteiger partial charge on any atom is -0.377 e. The Hall–Kier alpha value is -1.90. The lowest BCUT2D eigenvalue weighted by Crippen LogP contribution is -2.55. The third-order valence-corrected chi connectivity index (χ3v) is 6.82. The monoisotopic (exact) mass is 421 g/mol. The predicted octanol–water partition coefficient (Wildman–Crippen LogP) is 4.44. The molecule has 0 radical (unpaired) electrons. The average Bonchev–Trinajstić information content (AvgIpc) is 2.80. The van der Waals surface area contributed by atoms with Gasteiger partial charge in [0, 0.05) is 28.9 Å². The number of carbonyl (C=O) groups excluding carboxylic acids is 1. The second kappa shape index (κ2) is 8.08. The van der Waals surface area contributed by atoms with Crippen molar-refractivity contribution in [3.8, 4) is 0 Å². The highest BCUT2D eigenvalue weighted by Gasteiger charge is 2.34. The lowest BCUT2D eigenvalue weighted by atomic mass is 10.0. The highest BCUT2D eigenvalue weighted by atomic mass is 32.2. The number of rotatable bonds is 5. The van der Waals surface area contributed by atoms with Crippen LogP contribution < -0.4 is 10.0 Å². The molecule has 1 fully saturated rings. The molecule has 0 unspecified atom stereocenters. The average molecular weight is 422 g/mol. The first-order chi connectivity index (χ1) is 13.9. The van der Waals surface area contributed by atoms with Crippen molar-refractivity contribution in [1.82, 2.24) is 9.29 Å². The number of nitrogens with one attached hydrogen (secondary N) is 2. The van der Waals surface area contributed by atoms with Gasteiger partial charge in [0.05, 0.1) is 18.8 Å². The van der Waals surface area contributed by atoms with Gasteiger partial charge in [-0.2, -0.15) is 0 Å². The van der Waals surface area contributed by atoms with Crippen LogP contribution in [0.2, 0.25) is 0 Å². The Labute approximate surface area is 173 Å². The van der Waals surface area contributed by atoms with Crippen LogP contribution in [0.5, 0.6) is 0 Å². The SMILES string of the molecule is Cc1c(SNC2(C)COC2)c2n(c1C(=O)Nc1ccc(F)c(F)c1)CCCCC2. The number of halogens is 2. The zero-order valence-electron chi connectivity index (χ0n) is 16.6. The number of amides is 1. The van der Waals surface area contributed by atoms with Crippen LogP contribution in [0.15, 0.2) is 23.1 Å². The number of benzene rings is 1. The van der Waals surface area contributed by atoms with Crippen molar-refractivity contribution in [2.24, 2.45) is 0 Å². The molecule has 0 aliphatic carbocycles. The van der Waals surface area contributed by atoms with E-state index < -0.39 is 11.6 Å². The van der Waals surface area contributed by atoms with Crippen LogP contribution >= 0.6 is 11.9 Å². The van der Waals surface area contributed by atoms with Gasteiger partial charge in [-0.1, -0.05) is 6.42 Å². The number of hydrogen-bond acceptors (Lipinski definition) is 4. The van der Waals surface area contributed by atoms with Crippen molar-refractivity contribution in [1.29, 1.82) is 0 Å². The van der Waals surface area contributed by atoms with Crippen molar-refractivity contribution in [3.05, 3.63) is 46.8 Å². The standard InChI is InChI=1S/C21H25F2N3O2S/c1-13-18(20(27)24-14-7-8-15(22)16(23)10-14)26-9-5-3-4-6-17(26)19(13)29-25-21(2)11-28-12-21/h7-8,10,25H,3-6,9,11-12H2,1-2H3,(H,24,27). The zero-order valence-corrected chi connectivity index (χ0v) is 17.4. The summed E-state index contributed by atoms with van der Waals surface area (Å²) in [7, 11) is 0. The normalized spacial score (nSPS) is 17.9. The molecule has 0 spiro atoms. The Kier molecular flexibility index (Phi) is 5.68. The molecule has 8 heteroatoms. The number of nitrogens with zero attached hydrogens (tertiary/aromatic N) is 1. The van der Waals surface area contributed by atoms with Gasteiger partial charge in [-0.3, -0.25) is 4.79 Å². The first-order valence-corrected chi connectivity index (χ1v) is 10.7. The first kappa shape index (κ1) is 20.4. The largest absolute Gasteiger partial charge is 0.377 e. The highest BCUT2D eigenvalue weighted by molar-refractivity contribution is 7.97. The maximum Gasteiger partial charge on any atom is 0.272 e. The van der Waals surface area contributed by atoms with Crippen molar-refractivity contribution >= 4 is 23.5 Å². The van der Waals surface area contributed by atoms with Crippen LogP contribution in [0.25, 0.3) is 0 Å². The van der Waals surface area contributed by atoms with Gasteiger partial charge in [-0.15, -0.1) is 0 Å². The summed E-state index contributed by atoms with van der Waals surface area (Å²) >= 11 is 1.56. The number of ether oxygens (including phenoxy) is 1. The third kappa shape index (κ3) is 4.06. The summed E-state index contributed by atoms with van der Waals surface area (Å²) in [6.07, 6.45) is 4.13. The molecule has 2 aliphatic heterocycles. The Morgan fingerprint density at radius 3 is 2.69 bits per heavy atom. The van der Waals surface area contributed by atoms with Crippen LogP contribution in [0, 0.1) is 18.6 Å². The maximum absolute atomic E-state index is 13.5. The second-order valence-corrected chi connectivity index (χ2v) is 8.87. The lowest BCUT2D eigenvalue weighted by Gasteiger charge is -2.38. The molecule has 1 aromatic heterocycles. The summed E-state index contributed by atoms with van der Waals surface area (Å²) in [5, 5.41) is 2.73. The van der Waals surface area contributed by atoms with E-state index in [1.807, 2.05) is 6.92 Å². The molecular formula is C21H25F2N3O2S. The molecular weight excluding hydrogens is 396 g/mol. The van der Waals surface area contributed by atoms with E-state index in [0.29, 0.717) is 18.9 Å². The van der Waals surface area contributed by atoms with Gasteiger partial charge in [-0.05, 0) is 62.8 Å². The molecule has 0 saturated carbocycles. The van der Waals surface area contributed by atoms with E-state index in [2.05, 4.69) is 21.5 Å². The van der Waals surface area contributed by atoms with Crippen molar-refractivity contribution in [2.45, 2.75) is 56.5 Å². The molecule has 2 aliphatic rings. The van der Waals surface area contributed by atoms with E-state index in [9.17, 15) is 13.6 Å². The van der Waals surface area contributed by atoms with E-state index in [1.165, 1.54) is 6.07 Å². The van der Waals surface area contributed by atoms with Crippen molar-refractivity contribution < 1.29 is 18.3 Å². The summed E-state index contributed by atoms with van der Waals surface area (Å²) < 4.78 is 37.6. The van der Waals surface area contributed by atoms with Crippen molar-refractivity contribution in [2.75, 3.05) is 18.5 Å². The molecule has 4 rings (SSSR count). The number of hydrogen-bond donors (Lipinski definition) is 2. The molecule has 156 valence electrons. The molecule has 3 heterocycles. The Morgan fingerprint density at radius 1 is 1.21 bits per heavy atom. The van der Waals surface area contributed by atoms with Gasteiger partial charge in [-0.25, -0.2) is 13.5 Å². The Balaban J connectivity index is 1.64. The fraction of sp³-hybridized carbons (Fsp3) is 0.476. The summed E-state index contributed by atoms with van der Waals surface area (Å²) in [6.45, 7) is 6.17. The molecule has 0 bridgehead atoms. The van der Waals surface area contributed by atoms with Gasteiger partial charge >= 0.3 is 0 Å². The van der Waals surface area contributed by atoms with E-state index >= 15 is 0 Å². The topological polar surface area (TPSA) is 55.3 Å². The van der Waals surface area contributed by atoms with Gasteiger partial charge in [0.2, 0.25) is 0 Å². The third-order valence-electron chi connectivity index (χ3n) is 5.48. The molecule has 5 nitrogen and oxygen atoms in total. The van der Waals surface area contributed by atoms with Crippen LogP contribution in [-0.4, -0.2) is 29.2 Å². The molecule has 1 amide bonds. The molecule has 29 heavy (non-hydrogen) atoms. The summed E-state index contributed by atoms with van der Waals surface area (Å²) in [5.41, 5.74) is 2.83. The second-order valence-electron chi connectivity index (χ2n) is 8.05. The quantitative estimate of drug-likeness (QED) is 0.701. The molecule has 1 saturated heterocycles. The maximum atomic E-state index is 13.5. The summed E-state index contributed by atoms with van der Waals surface area (Å²) in [4.78, 5) is 14.2. The van der Waals surface area contributed by atoms with Gasteiger partial charge in [0.15, 0.2) is 11.6 Å². The number of fused-ring (bicyclic) bond motifs is 1. The fourth-order valence-electron chi connectivity index (χ4n) is 3.85. The number of carbonyl (C=O) groups is 1. The summed E-state index contributed by atoms with van der Waals surface area (Å²) in [6, 6.07) is 3.39. The molecule has 2 aromatic rings. The van der Waals surface area contributed by atoms with Crippen LogP contribution in [0.1, 0.15) is 47.9 Å². The van der Waals surface area contributed by atoms with Crippen LogP contribution in [0.3, 0.4) is 0 Å².